The number of H-pyrrole nitrogens is 2. The van der Waals surface area contributed by atoms with Crippen LogP contribution in [0.5, 0.6) is 5.88 Å². The Morgan fingerprint density at radius 2 is 2.27 bits per heavy atom. The zero-order valence-corrected chi connectivity index (χ0v) is 14.0. The lowest BCUT2D eigenvalue weighted by atomic mass is 10.3. The topological polar surface area (TPSA) is 157 Å². The van der Waals surface area contributed by atoms with E-state index < -0.39 is 5.69 Å². The molecule has 0 saturated heterocycles. The van der Waals surface area contributed by atoms with Gasteiger partial charge < -0.3 is 20.5 Å². The van der Waals surface area contributed by atoms with Gasteiger partial charge in [0, 0.05) is 11.3 Å². The molecule has 1 atom stereocenters. The Morgan fingerprint density at radius 3 is 2.92 bits per heavy atom. The third kappa shape index (κ3) is 3.16. The molecule has 1 aliphatic rings. The predicted molar refractivity (Wildman–Crippen MR) is 91.4 cm³/mol. The van der Waals surface area contributed by atoms with Crippen LogP contribution in [0, 0.1) is 0 Å². The number of imidazole rings is 1. The minimum atomic E-state index is -0.511. The minimum absolute atomic E-state index is 0.0691. The van der Waals surface area contributed by atoms with Gasteiger partial charge in [0.1, 0.15) is 5.69 Å². The Hall–Kier alpha value is -3.21. The van der Waals surface area contributed by atoms with Gasteiger partial charge in [-0.1, -0.05) is 0 Å². The van der Waals surface area contributed by atoms with Crippen molar-refractivity contribution in [1.29, 1.82) is 0 Å². The average molecular weight is 358 g/mol. The molecule has 0 spiro atoms. The van der Waals surface area contributed by atoms with Gasteiger partial charge in [0.15, 0.2) is 5.65 Å². The lowest BCUT2D eigenvalue weighted by molar-refractivity contribution is 0.281. The first kappa shape index (κ1) is 16.3. The molecule has 11 nitrogen and oxygen atoms in total. The molecule has 11 heteroatoms. The van der Waals surface area contributed by atoms with Crippen molar-refractivity contribution >= 4 is 17.7 Å². The molecule has 0 radical (unpaired) electrons. The molecule has 1 fully saturated rings. The summed E-state index contributed by atoms with van der Waals surface area (Å²) >= 11 is 0. The highest BCUT2D eigenvalue weighted by molar-refractivity contribution is 5.57. The van der Waals surface area contributed by atoms with Crippen molar-refractivity contribution < 1.29 is 10.2 Å². The highest BCUT2D eigenvalue weighted by atomic mass is 16.3. The maximum absolute atomic E-state index is 11.3. The fraction of sp³-hybridized carbons (Fsp3) is 0.400. The van der Waals surface area contributed by atoms with E-state index in [1.54, 1.807) is 19.2 Å². The number of anilines is 1. The first-order chi connectivity index (χ1) is 12.5. The van der Waals surface area contributed by atoms with Crippen molar-refractivity contribution in [3.8, 4) is 5.88 Å². The van der Waals surface area contributed by atoms with Gasteiger partial charge in [0.25, 0.3) is 5.62 Å². The summed E-state index contributed by atoms with van der Waals surface area (Å²) in [5.74, 6) is 0.0546. The third-order valence-electron chi connectivity index (χ3n) is 3.91. The van der Waals surface area contributed by atoms with Crippen LogP contribution in [-0.2, 0) is 0 Å². The monoisotopic (exact) mass is 358 g/mol. The Bertz CT molecular complexity index is 1120. The highest BCUT2D eigenvalue weighted by Crippen LogP contribution is 2.22. The van der Waals surface area contributed by atoms with Gasteiger partial charge in [-0.2, -0.15) is 19.6 Å². The van der Waals surface area contributed by atoms with Gasteiger partial charge in [-0.25, -0.2) is 9.79 Å². The second-order valence-electron chi connectivity index (χ2n) is 6.26. The van der Waals surface area contributed by atoms with Crippen LogP contribution in [0.3, 0.4) is 0 Å². The largest absolute Gasteiger partial charge is 0.493 e. The van der Waals surface area contributed by atoms with Crippen molar-refractivity contribution in [2.75, 3.05) is 11.9 Å². The van der Waals surface area contributed by atoms with Crippen molar-refractivity contribution in [2.45, 2.75) is 31.8 Å². The van der Waals surface area contributed by atoms with Crippen LogP contribution in [0.25, 0.3) is 11.7 Å². The van der Waals surface area contributed by atoms with Crippen LogP contribution in [0.15, 0.2) is 16.0 Å². The summed E-state index contributed by atoms with van der Waals surface area (Å²) in [6, 6.07) is 0.00423. The smallest absolute Gasteiger partial charge is 0.326 e. The standard InChI is InChI=1S/C15H18N8O3/c1-7(6-24)17-13-20-11-8(4-10-12(25)21-15(26)19-10)5-16-23(11)14(22-13)18-9-2-3-9/h4-5,7,9,24-25H,2-3,6H2,1H3,(H,17,18,22)(H2,19,21,26). The van der Waals surface area contributed by atoms with Crippen LogP contribution < -0.4 is 21.8 Å². The number of nitrogens with one attached hydrogen (secondary N) is 3. The second-order valence-corrected chi connectivity index (χ2v) is 6.26. The van der Waals surface area contributed by atoms with Crippen LogP contribution in [-0.4, -0.2) is 58.5 Å². The van der Waals surface area contributed by atoms with E-state index in [1.165, 1.54) is 4.52 Å². The van der Waals surface area contributed by atoms with Crippen LogP contribution in [0.1, 0.15) is 25.5 Å². The van der Waals surface area contributed by atoms with Crippen molar-refractivity contribution in [3.05, 3.63) is 33.2 Å². The first-order valence-corrected chi connectivity index (χ1v) is 8.23. The molecule has 3 heterocycles. The highest BCUT2D eigenvalue weighted by Gasteiger charge is 2.21. The van der Waals surface area contributed by atoms with E-state index in [1.807, 2.05) is 0 Å². The normalized spacial score (nSPS) is 17.2. The van der Waals surface area contributed by atoms with Crippen LogP contribution >= 0.6 is 0 Å². The second kappa shape index (κ2) is 6.26. The summed E-state index contributed by atoms with van der Waals surface area (Å²) in [6.45, 7) is 1.73. The molecule has 3 aromatic heterocycles. The molecule has 3 aromatic rings. The summed E-state index contributed by atoms with van der Waals surface area (Å²) in [5.41, 5.74) is 0.593. The van der Waals surface area contributed by atoms with Gasteiger partial charge in [-0.15, -0.1) is 0 Å². The van der Waals surface area contributed by atoms with Crippen LogP contribution in [0.4, 0.5) is 5.95 Å². The molecule has 0 bridgehead atoms. The lowest BCUT2D eigenvalue weighted by Gasteiger charge is -2.10. The molecule has 26 heavy (non-hydrogen) atoms. The molecule has 1 unspecified atom stereocenters. The first-order valence-electron chi connectivity index (χ1n) is 8.23. The van der Waals surface area contributed by atoms with Crippen molar-refractivity contribution in [2.24, 2.45) is 4.99 Å². The maximum Gasteiger partial charge on any atom is 0.326 e. The van der Waals surface area contributed by atoms with Gasteiger partial charge in [0.05, 0.1) is 18.8 Å². The molecular weight excluding hydrogens is 340 g/mol. The molecule has 4 rings (SSSR count). The molecule has 0 aromatic carbocycles. The number of aromatic amines is 2. The zero-order valence-electron chi connectivity index (χ0n) is 14.0. The van der Waals surface area contributed by atoms with E-state index in [0.717, 1.165) is 12.8 Å². The number of aromatic nitrogens is 6. The Labute approximate surface area is 146 Å². The number of hydrogen-bond acceptors (Lipinski definition) is 8. The van der Waals surface area contributed by atoms with Gasteiger partial charge >= 0.3 is 5.69 Å². The summed E-state index contributed by atoms with van der Waals surface area (Å²) in [4.78, 5) is 29.4. The fourth-order valence-corrected chi connectivity index (χ4v) is 2.41. The van der Waals surface area contributed by atoms with Crippen molar-refractivity contribution in [1.82, 2.24) is 29.5 Å². The average Bonchev–Trinajstić information content (AvgIpc) is 3.24. The third-order valence-corrected chi connectivity index (χ3v) is 3.91. The summed E-state index contributed by atoms with van der Waals surface area (Å²) < 4.78 is 1.51. The Balaban J connectivity index is 1.91. The SMILES string of the molecule is CC(CO)Nc1nc(=NC2CC2)n2ncc(=Cc3[nH]c(=O)[nH]c3O)c2n1. The van der Waals surface area contributed by atoms with Gasteiger partial charge in [-0.05, 0) is 25.8 Å². The van der Waals surface area contributed by atoms with Crippen LogP contribution in [0.2, 0.25) is 0 Å². The number of aliphatic hydroxyl groups excluding tert-OH is 1. The van der Waals surface area contributed by atoms with E-state index in [2.05, 4.69) is 35.3 Å². The number of aromatic hydroxyl groups is 1. The number of rotatable bonds is 5. The van der Waals surface area contributed by atoms with E-state index in [9.17, 15) is 15.0 Å². The molecule has 5 N–H and O–H groups in total. The summed E-state index contributed by atoms with van der Waals surface area (Å²) in [7, 11) is 0. The Kier molecular flexibility index (Phi) is 3.92. The molecule has 0 aliphatic heterocycles. The molecule has 0 amide bonds. The zero-order chi connectivity index (χ0) is 18.3. The molecule has 1 saturated carbocycles. The minimum Gasteiger partial charge on any atom is -0.493 e. The number of aliphatic hydroxyl groups is 1. The van der Waals surface area contributed by atoms with Gasteiger partial charge in [0.2, 0.25) is 11.8 Å². The van der Waals surface area contributed by atoms with Gasteiger partial charge in [-0.3, -0.25) is 4.98 Å². The number of fused-ring (bicyclic) bond motifs is 1. The van der Waals surface area contributed by atoms with E-state index in [0.29, 0.717) is 22.4 Å². The Morgan fingerprint density at radius 1 is 1.46 bits per heavy atom. The molecular formula is C15H18N8O3. The fourth-order valence-electron chi connectivity index (χ4n) is 2.41. The summed E-state index contributed by atoms with van der Waals surface area (Å²) in [6.07, 6.45) is 5.14. The number of nitrogens with zero attached hydrogens (tertiary/aromatic N) is 5. The number of hydrogen-bond donors (Lipinski definition) is 5. The molecule has 1 aliphatic carbocycles. The van der Waals surface area contributed by atoms with E-state index >= 15 is 0 Å². The summed E-state index contributed by atoms with van der Waals surface area (Å²) in [5, 5.41) is 26.9. The van der Waals surface area contributed by atoms with E-state index in [4.69, 9.17) is 0 Å². The quantitative estimate of drug-likeness (QED) is 0.362. The predicted octanol–water partition coefficient (Wildman–Crippen LogP) is -1.75. The van der Waals surface area contributed by atoms with Crippen molar-refractivity contribution in [3.63, 3.8) is 0 Å². The molecule has 136 valence electrons. The lowest BCUT2D eigenvalue weighted by Crippen LogP contribution is -2.28. The maximum atomic E-state index is 11.3. The van der Waals surface area contributed by atoms with E-state index in [-0.39, 0.29) is 30.3 Å².